The van der Waals surface area contributed by atoms with Gasteiger partial charge in [0.15, 0.2) is 5.82 Å². The molecule has 3 aliphatic rings. The van der Waals surface area contributed by atoms with Gasteiger partial charge in [0, 0.05) is 57.4 Å². The van der Waals surface area contributed by atoms with Gasteiger partial charge in [0.1, 0.15) is 11.5 Å². The maximum Gasteiger partial charge on any atom is 0.290 e. The van der Waals surface area contributed by atoms with Crippen LogP contribution in [-0.4, -0.2) is 76.9 Å². The third kappa shape index (κ3) is 7.11. The first-order valence-corrected chi connectivity index (χ1v) is 15.3. The van der Waals surface area contributed by atoms with E-state index in [4.69, 9.17) is 4.74 Å². The largest absolute Gasteiger partial charge is 0.378 e. The molecule has 2 saturated heterocycles. The maximum atomic E-state index is 13.1. The van der Waals surface area contributed by atoms with Crippen molar-refractivity contribution in [1.82, 2.24) is 25.0 Å². The van der Waals surface area contributed by atoms with Crippen molar-refractivity contribution in [1.29, 1.82) is 0 Å². The Kier molecular flexibility index (Phi) is 9.15. The number of nitrogens with zero attached hydrogens (tertiary/aromatic N) is 5. The molecule has 0 radical (unpaired) electrons. The van der Waals surface area contributed by atoms with E-state index in [9.17, 15) is 14.4 Å². The fraction of sp³-hybridized carbons (Fsp3) is 0.645. The Hall–Kier alpha value is -3.47. The van der Waals surface area contributed by atoms with Crippen molar-refractivity contribution in [3.63, 3.8) is 0 Å². The molecule has 3 fully saturated rings. The van der Waals surface area contributed by atoms with E-state index in [-0.39, 0.29) is 29.3 Å². The molecule has 0 bridgehead atoms. The number of hydrogen-bond donors (Lipinski definition) is 2. The van der Waals surface area contributed by atoms with Crippen molar-refractivity contribution in [2.45, 2.75) is 65.3 Å². The number of nitrogens with one attached hydrogen (secondary N) is 2. The quantitative estimate of drug-likeness (QED) is 0.535. The van der Waals surface area contributed by atoms with E-state index in [0.717, 1.165) is 45.1 Å². The second kappa shape index (κ2) is 12.8. The molecule has 4 heterocycles. The van der Waals surface area contributed by atoms with Crippen molar-refractivity contribution < 1.29 is 14.3 Å². The molecule has 42 heavy (non-hydrogen) atoms. The first-order valence-electron chi connectivity index (χ1n) is 15.3. The summed E-state index contributed by atoms with van der Waals surface area (Å²) in [6.07, 6.45) is 7.51. The summed E-state index contributed by atoms with van der Waals surface area (Å²) in [6, 6.07) is 5.21. The normalized spacial score (nSPS) is 23.4. The molecule has 1 aliphatic carbocycles. The molecule has 2 N–H and O–H groups in total. The summed E-state index contributed by atoms with van der Waals surface area (Å²) in [4.78, 5) is 47.1. The van der Waals surface area contributed by atoms with Gasteiger partial charge in [-0.2, -0.15) is 5.10 Å². The molecule has 11 heteroatoms. The zero-order valence-electron chi connectivity index (χ0n) is 25.4. The van der Waals surface area contributed by atoms with Crippen LogP contribution < -0.4 is 21.1 Å². The molecule has 0 spiro atoms. The van der Waals surface area contributed by atoms with Crippen molar-refractivity contribution in [2.24, 2.45) is 24.3 Å². The summed E-state index contributed by atoms with van der Waals surface area (Å²) in [7, 11) is 1.63. The molecule has 2 amide bonds. The number of carbonyl (C=O) groups is 2. The standard InChI is InChI=1S/C31H45N7O4/c1-31(2,3)23-10-7-21(8-11-23)28(39)33-24-6-5-13-38(20-24)27-18-25(30(41)36(4)35-27)34-26-12-9-22(19-32-26)29(40)37-14-16-42-17-15-37/h9,12,18-19,21,23-24H,5-8,10-11,13-17,20H2,1-4H3,(H,32,34)(H,33,39). The maximum absolute atomic E-state index is 13.1. The highest BCUT2D eigenvalue weighted by Crippen LogP contribution is 2.40. The van der Waals surface area contributed by atoms with Crippen LogP contribution in [-0.2, 0) is 16.6 Å². The van der Waals surface area contributed by atoms with Gasteiger partial charge in [-0.15, -0.1) is 0 Å². The van der Waals surface area contributed by atoms with Crippen LogP contribution in [0.3, 0.4) is 0 Å². The second-order valence-electron chi connectivity index (χ2n) is 13.0. The summed E-state index contributed by atoms with van der Waals surface area (Å²) in [5, 5.41) is 11.0. The van der Waals surface area contributed by atoms with E-state index < -0.39 is 0 Å². The van der Waals surface area contributed by atoms with Crippen LogP contribution in [0.1, 0.15) is 69.7 Å². The van der Waals surface area contributed by atoms with Gasteiger partial charge in [-0.05, 0) is 62.0 Å². The lowest BCUT2D eigenvalue weighted by atomic mass is 9.69. The van der Waals surface area contributed by atoms with Crippen LogP contribution in [0.4, 0.5) is 17.3 Å². The van der Waals surface area contributed by atoms with Crippen LogP contribution >= 0.6 is 0 Å². The van der Waals surface area contributed by atoms with E-state index in [1.165, 1.54) is 10.9 Å². The smallest absolute Gasteiger partial charge is 0.290 e. The fourth-order valence-electron chi connectivity index (χ4n) is 6.36. The minimum absolute atomic E-state index is 0.0419. The number of pyridine rings is 1. The van der Waals surface area contributed by atoms with Crippen molar-refractivity contribution in [3.8, 4) is 0 Å². The summed E-state index contributed by atoms with van der Waals surface area (Å²) in [6.45, 7) is 10.5. The predicted molar refractivity (Wildman–Crippen MR) is 162 cm³/mol. The van der Waals surface area contributed by atoms with E-state index >= 15 is 0 Å². The lowest BCUT2D eigenvalue weighted by Gasteiger charge is -2.38. The number of carbonyl (C=O) groups excluding carboxylic acids is 2. The average Bonchev–Trinajstić information content (AvgIpc) is 2.99. The van der Waals surface area contributed by atoms with Crippen molar-refractivity contribution in [2.75, 3.05) is 49.6 Å². The number of hydrogen-bond acceptors (Lipinski definition) is 8. The van der Waals surface area contributed by atoms with Crippen LogP contribution in [0.5, 0.6) is 0 Å². The Labute approximate surface area is 248 Å². The highest BCUT2D eigenvalue weighted by atomic mass is 16.5. The Morgan fingerprint density at radius 2 is 1.76 bits per heavy atom. The molecule has 0 aromatic carbocycles. The number of anilines is 3. The molecule has 2 aliphatic heterocycles. The Balaban J connectivity index is 1.21. The van der Waals surface area contributed by atoms with E-state index in [2.05, 4.69) is 46.4 Å². The van der Waals surface area contributed by atoms with Crippen molar-refractivity contribution >= 4 is 29.1 Å². The SMILES string of the molecule is Cn1nc(N2CCCC(NC(=O)C3CCC(C(C)(C)C)CC3)C2)cc(Nc2ccc(C(=O)N3CCOCC3)cn2)c1=O. The average molecular weight is 580 g/mol. The van der Waals surface area contributed by atoms with E-state index in [0.29, 0.717) is 67.1 Å². The van der Waals surface area contributed by atoms with Gasteiger partial charge >= 0.3 is 0 Å². The minimum Gasteiger partial charge on any atom is -0.378 e. The summed E-state index contributed by atoms with van der Waals surface area (Å²) >= 11 is 0. The molecule has 228 valence electrons. The number of amides is 2. The Morgan fingerprint density at radius 1 is 1.02 bits per heavy atom. The number of rotatable bonds is 6. The van der Waals surface area contributed by atoms with Crippen LogP contribution in [0.15, 0.2) is 29.2 Å². The topological polar surface area (TPSA) is 122 Å². The molecular weight excluding hydrogens is 534 g/mol. The molecule has 5 rings (SSSR count). The number of ether oxygens (including phenoxy) is 1. The fourth-order valence-corrected chi connectivity index (χ4v) is 6.36. The molecule has 2 aromatic heterocycles. The third-order valence-corrected chi connectivity index (χ3v) is 9.04. The summed E-state index contributed by atoms with van der Waals surface area (Å²) in [5.74, 6) is 2.00. The lowest BCUT2D eigenvalue weighted by molar-refractivity contribution is -0.127. The lowest BCUT2D eigenvalue weighted by Crippen LogP contribution is -2.50. The van der Waals surface area contributed by atoms with Crippen LogP contribution in [0, 0.1) is 17.3 Å². The monoisotopic (exact) mass is 579 g/mol. The molecule has 1 unspecified atom stereocenters. The number of aromatic nitrogens is 3. The number of aryl methyl sites for hydroxylation is 1. The highest BCUT2D eigenvalue weighted by molar-refractivity contribution is 5.94. The molecule has 1 saturated carbocycles. The molecule has 11 nitrogen and oxygen atoms in total. The Morgan fingerprint density at radius 3 is 2.43 bits per heavy atom. The summed E-state index contributed by atoms with van der Waals surface area (Å²) < 4.78 is 6.65. The van der Waals surface area contributed by atoms with Gasteiger partial charge in [-0.1, -0.05) is 20.8 Å². The summed E-state index contributed by atoms with van der Waals surface area (Å²) in [5.41, 5.74) is 0.865. The van der Waals surface area contributed by atoms with Gasteiger partial charge in [0.05, 0.1) is 18.8 Å². The zero-order chi connectivity index (χ0) is 29.9. The Bertz CT molecular complexity index is 1310. The van der Waals surface area contributed by atoms with Crippen LogP contribution in [0.2, 0.25) is 0 Å². The molecule has 1 atom stereocenters. The zero-order valence-corrected chi connectivity index (χ0v) is 25.4. The van der Waals surface area contributed by atoms with Crippen molar-refractivity contribution in [3.05, 3.63) is 40.3 Å². The van der Waals surface area contributed by atoms with Gasteiger partial charge in [0.2, 0.25) is 5.91 Å². The molecule has 2 aromatic rings. The van der Waals surface area contributed by atoms with Gasteiger partial charge < -0.3 is 25.2 Å². The highest BCUT2D eigenvalue weighted by Gasteiger charge is 2.33. The first kappa shape index (κ1) is 30.0. The van der Waals surface area contributed by atoms with Gasteiger partial charge in [-0.25, -0.2) is 9.67 Å². The van der Waals surface area contributed by atoms with Gasteiger partial charge in [0.25, 0.3) is 11.5 Å². The predicted octanol–water partition coefficient (Wildman–Crippen LogP) is 3.33. The second-order valence-corrected chi connectivity index (χ2v) is 13.0. The first-order chi connectivity index (χ1) is 20.1. The van der Waals surface area contributed by atoms with Crippen LogP contribution in [0.25, 0.3) is 0 Å². The van der Waals surface area contributed by atoms with Gasteiger partial charge in [-0.3, -0.25) is 14.4 Å². The number of piperidine rings is 1. The number of morpholine rings is 1. The minimum atomic E-state index is -0.276. The van der Waals surface area contributed by atoms with E-state index in [1.807, 2.05) is 0 Å². The molecular formula is C31H45N7O4. The van der Waals surface area contributed by atoms with E-state index in [1.54, 1.807) is 30.1 Å². The third-order valence-electron chi connectivity index (χ3n) is 9.04.